The van der Waals surface area contributed by atoms with Crippen LogP contribution in [-0.2, 0) is 11.0 Å². The first kappa shape index (κ1) is 19.7. The fraction of sp³-hybridized carbons (Fsp3) is 0.100. The molecule has 2 N–H and O–H groups in total. The molecule has 0 aliphatic heterocycles. The zero-order chi connectivity index (χ0) is 20.6. The maximum Gasteiger partial charge on any atom is 0.418 e. The maximum absolute atomic E-state index is 13.4. The van der Waals surface area contributed by atoms with Crippen molar-refractivity contribution in [1.29, 1.82) is 0 Å². The Hall–Kier alpha value is -3.06. The Morgan fingerprint density at radius 1 is 1.21 bits per heavy atom. The van der Waals surface area contributed by atoms with Gasteiger partial charge in [0.2, 0.25) is 0 Å². The molecule has 0 aliphatic rings. The van der Waals surface area contributed by atoms with Crippen molar-refractivity contribution in [2.75, 3.05) is 0 Å². The lowest BCUT2D eigenvalue weighted by atomic mass is 9.93. The molecule has 144 valence electrons. The predicted octanol–water partition coefficient (Wildman–Crippen LogP) is 5.18. The number of benzene rings is 2. The lowest BCUT2D eigenvalue weighted by Crippen LogP contribution is -2.15. The molecule has 0 amide bonds. The predicted molar refractivity (Wildman–Crippen MR) is 101 cm³/mol. The summed E-state index contributed by atoms with van der Waals surface area (Å²) in [5.74, 6) is -0.629. The van der Waals surface area contributed by atoms with Crippen LogP contribution in [0.5, 0.6) is 5.75 Å². The topological polar surface area (TPSA) is 70.2 Å². The van der Waals surface area contributed by atoms with Gasteiger partial charge in [0, 0.05) is 27.1 Å². The van der Waals surface area contributed by atoms with Crippen LogP contribution in [0.25, 0.3) is 28.1 Å². The van der Waals surface area contributed by atoms with Gasteiger partial charge in [0.1, 0.15) is 5.75 Å². The van der Waals surface area contributed by atoms with Gasteiger partial charge in [-0.3, -0.25) is 9.59 Å². The van der Waals surface area contributed by atoms with E-state index in [-0.39, 0.29) is 38.6 Å². The van der Waals surface area contributed by atoms with Gasteiger partial charge in [0.15, 0.2) is 5.78 Å². The number of H-pyrrole nitrogens is 1. The third-order valence-electron chi connectivity index (χ3n) is 4.10. The molecule has 1 heterocycles. The number of aromatic amines is 1. The summed E-state index contributed by atoms with van der Waals surface area (Å²) in [6.07, 6.45) is -2.38. The van der Waals surface area contributed by atoms with E-state index in [2.05, 4.69) is 4.98 Å². The van der Waals surface area contributed by atoms with Gasteiger partial charge in [0.05, 0.1) is 11.1 Å². The average Bonchev–Trinajstić information content (AvgIpc) is 2.60. The quantitative estimate of drug-likeness (QED) is 0.588. The van der Waals surface area contributed by atoms with Crippen molar-refractivity contribution < 1.29 is 23.1 Å². The molecular weight excluding hydrogens is 395 g/mol. The van der Waals surface area contributed by atoms with E-state index < -0.39 is 22.8 Å². The number of allylic oxidation sites excluding steroid dienone is 1. The second-order valence-electron chi connectivity index (χ2n) is 6.07. The van der Waals surface area contributed by atoms with E-state index >= 15 is 0 Å². The normalized spacial score (nSPS) is 12.0. The number of nitrogens with one attached hydrogen (secondary N) is 1. The van der Waals surface area contributed by atoms with Crippen LogP contribution in [-0.4, -0.2) is 15.9 Å². The monoisotopic (exact) mass is 407 g/mol. The molecular formula is C20H13ClF3NO3. The van der Waals surface area contributed by atoms with E-state index in [0.717, 1.165) is 12.1 Å². The first-order chi connectivity index (χ1) is 13.1. The van der Waals surface area contributed by atoms with Crippen molar-refractivity contribution in [3.05, 3.63) is 69.0 Å². The fourth-order valence-corrected chi connectivity index (χ4v) is 3.10. The van der Waals surface area contributed by atoms with Gasteiger partial charge in [-0.05, 0) is 43.3 Å². The molecule has 2 aromatic carbocycles. The zero-order valence-corrected chi connectivity index (χ0v) is 15.2. The molecule has 0 saturated heterocycles. The third kappa shape index (κ3) is 3.66. The summed E-state index contributed by atoms with van der Waals surface area (Å²) in [6.45, 7) is 1.27. The highest BCUT2D eigenvalue weighted by Gasteiger charge is 2.33. The summed E-state index contributed by atoms with van der Waals surface area (Å²) in [4.78, 5) is 26.2. The van der Waals surface area contributed by atoms with Crippen LogP contribution in [0, 0.1) is 0 Å². The van der Waals surface area contributed by atoms with E-state index in [1.165, 1.54) is 43.3 Å². The SMILES string of the molecule is CC(=O)C=Cc1c(-c2cc(Cl)ccc2O)c2cccc(C(F)(F)F)c2[nH]c1=O. The summed E-state index contributed by atoms with van der Waals surface area (Å²) < 4.78 is 40.3. The summed E-state index contributed by atoms with van der Waals surface area (Å²) in [5.41, 5.74) is -2.23. The Kier molecular flexibility index (Phi) is 5.04. The number of phenols is 1. The number of ketones is 1. The molecule has 1 aromatic heterocycles. The van der Waals surface area contributed by atoms with Crippen molar-refractivity contribution in [3.63, 3.8) is 0 Å². The number of aromatic nitrogens is 1. The fourth-order valence-electron chi connectivity index (χ4n) is 2.93. The second-order valence-corrected chi connectivity index (χ2v) is 6.51. The minimum atomic E-state index is -4.70. The number of halogens is 4. The lowest BCUT2D eigenvalue weighted by Gasteiger charge is -2.16. The van der Waals surface area contributed by atoms with Crippen LogP contribution in [0.15, 0.2) is 47.3 Å². The van der Waals surface area contributed by atoms with Gasteiger partial charge in [-0.25, -0.2) is 0 Å². The van der Waals surface area contributed by atoms with Crippen molar-refractivity contribution in [2.24, 2.45) is 0 Å². The molecule has 0 spiro atoms. The minimum absolute atomic E-state index is 0.0438. The van der Waals surface area contributed by atoms with E-state index in [1.807, 2.05) is 0 Å². The Morgan fingerprint density at radius 2 is 1.93 bits per heavy atom. The molecule has 3 aromatic rings. The third-order valence-corrected chi connectivity index (χ3v) is 4.34. The smallest absolute Gasteiger partial charge is 0.418 e. The second kappa shape index (κ2) is 7.16. The van der Waals surface area contributed by atoms with Gasteiger partial charge < -0.3 is 10.1 Å². The zero-order valence-electron chi connectivity index (χ0n) is 14.4. The Bertz CT molecular complexity index is 1180. The molecule has 28 heavy (non-hydrogen) atoms. The number of carbonyl (C=O) groups excluding carboxylic acids is 1. The van der Waals surface area contributed by atoms with Gasteiger partial charge in [-0.15, -0.1) is 0 Å². The average molecular weight is 408 g/mol. The van der Waals surface area contributed by atoms with E-state index in [4.69, 9.17) is 11.6 Å². The summed E-state index contributed by atoms with van der Waals surface area (Å²) in [7, 11) is 0. The molecule has 0 atom stereocenters. The highest BCUT2D eigenvalue weighted by Crippen LogP contribution is 2.41. The largest absolute Gasteiger partial charge is 0.507 e. The molecule has 4 nitrogen and oxygen atoms in total. The van der Waals surface area contributed by atoms with Crippen molar-refractivity contribution in [1.82, 2.24) is 4.98 Å². The van der Waals surface area contributed by atoms with Gasteiger partial charge >= 0.3 is 6.18 Å². The highest BCUT2D eigenvalue weighted by atomic mass is 35.5. The van der Waals surface area contributed by atoms with Crippen LogP contribution >= 0.6 is 11.6 Å². The van der Waals surface area contributed by atoms with Crippen molar-refractivity contribution >= 4 is 34.4 Å². The van der Waals surface area contributed by atoms with Crippen LogP contribution < -0.4 is 5.56 Å². The van der Waals surface area contributed by atoms with Gasteiger partial charge in [-0.1, -0.05) is 23.7 Å². The summed E-state index contributed by atoms with van der Waals surface area (Å²) >= 11 is 5.99. The molecule has 0 radical (unpaired) electrons. The maximum atomic E-state index is 13.4. The highest BCUT2D eigenvalue weighted by molar-refractivity contribution is 6.31. The summed E-state index contributed by atoms with van der Waals surface area (Å²) in [5, 5.41) is 10.6. The summed E-state index contributed by atoms with van der Waals surface area (Å²) in [6, 6.07) is 7.47. The Morgan fingerprint density at radius 3 is 2.57 bits per heavy atom. The lowest BCUT2D eigenvalue weighted by molar-refractivity contribution is -0.136. The van der Waals surface area contributed by atoms with E-state index in [9.17, 15) is 27.9 Å². The molecule has 0 saturated carbocycles. The first-order valence-corrected chi connectivity index (χ1v) is 8.41. The number of phenolic OH excluding ortho intramolecular Hbond substituents is 1. The van der Waals surface area contributed by atoms with E-state index in [1.54, 1.807) is 0 Å². The van der Waals surface area contributed by atoms with Crippen molar-refractivity contribution in [3.8, 4) is 16.9 Å². The number of hydrogen-bond acceptors (Lipinski definition) is 3. The first-order valence-electron chi connectivity index (χ1n) is 8.03. The number of hydrogen-bond donors (Lipinski definition) is 2. The van der Waals surface area contributed by atoms with Crippen LogP contribution in [0.2, 0.25) is 5.02 Å². The van der Waals surface area contributed by atoms with Crippen LogP contribution in [0.4, 0.5) is 13.2 Å². The van der Waals surface area contributed by atoms with Crippen molar-refractivity contribution in [2.45, 2.75) is 13.1 Å². The van der Waals surface area contributed by atoms with Gasteiger partial charge in [0.25, 0.3) is 5.56 Å². The Balaban J connectivity index is 2.53. The van der Waals surface area contributed by atoms with Crippen LogP contribution in [0.1, 0.15) is 18.1 Å². The number of pyridine rings is 1. The van der Waals surface area contributed by atoms with E-state index in [0.29, 0.717) is 0 Å². The Labute approximate surface area is 161 Å². The molecule has 0 fully saturated rings. The molecule has 0 bridgehead atoms. The molecule has 0 aliphatic carbocycles. The molecule has 3 rings (SSSR count). The standard InChI is InChI=1S/C20H13ClF3NO3/c1-10(26)5-7-13-17(14-9-11(21)6-8-16(14)27)12-3-2-4-15(20(22,23)24)18(12)25-19(13)28/h2-9,27H,1H3,(H,25,28). The van der Waals surface area contributed by atoms with Gasteiger partial charge in [-0.2, -0.15) is 13.2 Å². The molecule has 8 heteroatoms. The van der Waals surface area contributed by atoms with Crippen LogP contribution in [0.3, 0.4) is 0 Å². The molecule has 0 unspecified atom stereocenters. The number of alkyl halides is 3. The number of carbonyl (C=O) groups is 1. The number of aromatic hydroxyl groups is 1. The number of fused-ring (bicyclic) bond motifs is 1. The number of rotatable bonds is 3. The number of para-hydroxylation sites is 1. The minimum Gasteiger partial charge on any atom is -0.507 e.